The quantitative estimate of drug-likeness (QED) is 0.765. The van der Waals surface area contributed by atoms with Gasteiger partial charge in [-0.2, -0.15) is 0 Å². The minimum atomic E-state index is -3.94. The maximum atomic E-state index is 11.8. The third-order valence-corrected chi connectivity index (χ3v) is 7.50. The van der Waals surface area contributed by atoms with Crippen molar-refractivity contribution in [3.63, 3.8) is 0 Å². The molecule has 0 aliphatic rings. The second-order valence-corrected chi connectivity index (χ2v) is 11.5. The maximum absolute atomic E-state index is 11.8. The molecule has 114 valence electrons. The van der Waals surface area contributed by atoms with E-state index in [0.29, 0.717) is 0 Å². The highest BCUT2D eigenvalue weighted by Gasteiger charge is 2.34. The van der Waals surface area contributed by atoms with Crippen LogP contribution < -0.4 is 0 Å². The van der Waals surface area contributed by atoms with Gasteiger partial charge >= 0.3 is 0 Å². The summed E-state index contributed by atoms with van der Waals surface area (Å²) in [6, 6.07) is 5.75. The minimum absolute atomic E-state index is 0.0112. The zero-order valence-electron chi connectivity index (χ0n) is 11.3. The predicted molar refractivity (Wildman–Crippen MR) is 77.4 cm³/mol. The molecule has 0 spiro atoms. The van der Waals surface area contributed by atoms with Gasteiger partial charge in [-0.1, -0.05) is 24.3 Å². The van der Waals surface area contributed by atoms with Crippen LogP contribution in [-0.4, -0.2) is 44.0 Å². The van der Waals surface area contributed by atoms with Gasteiger partial charge in [0.15, 0.2) is 34.1 Å². The summed E-state index contributed by atoms with van der Waals surface area (Å²) < 4.78 is 68.1. The van der Waals surface area contributed by atoms with Crippen LogP contribution in [0.3, 0.4) is 0 Å². The van der Waals surface area contributed by atoms with Crippen LogP contribution in [0.4, 0.5) is 0 Å². The van der Waals surface area contributed by atoms with Gasteiger partial charge in [0.05, 0.1) is 5.75 Å². The first-order valence-electron chi connectivity index (χ1n) is 5.45. The Labute approximate surface area is 119 Å². The fraction of sp³-hybridized carbons (Fsp3) is 0.455. The number of rotatable bonds is 5. The minimum Gasteiger partial charge on any atom is -0.229 e. The molecular formula is C11H16O6S3. The summed E-state index contributed by atoms with van der Waals surface area (Å²) in [7, 11) is -11.3. The molecule has 0 heterocycles. The largest absolute Gasteiger partial charge is 0.229 e. The van der Waals surface area contributed by atoms with E-state index in [1.807, 2.05) is 0 Å². The lowest BCUT2D eigenvalue weighted by Crippen LogP contribution is -2.22. The summed E-state index contributed by atoms with van der Waals surface area (Å²) in [5.74, 6) is -0.412. The average molecular weight is 340 g/mol. The molecule has 0 saturated carbocycles. The first-order valence-corrected chi connectivity index (χ1v) is 11.4. The van der Waals surface area contributed by atoms with Gasteiger partial charge < -0.3 is 0 Å². The Bertz CT molecular complexity index is 771. The van der Waals surface area contributed by atoms with Crippen LogP contribution in [0.5, 0.6) is 0 Å². The summed E-state index contributed by atoms with van der Waals surface area (Å²) in [5.41, 5.74) is 0.166. The molecule has 6 nitrogen and oxygen atoms in total. The molecule has 0 atom stereocenters. The van der Waals surface area contributed by atoms with Crippen LogP contribution in [0, 0.1) is 0 Å². The van der Waals surface area contributed by atoms with Crippen LogP contribution >= 0.6 is 0 Å². The molecule has 0 aromatic heterocycles. The fourth-order valence-electron chi connectivity index (χ4n) is 1.96. The molecule has 1 aromatic carbocycles. The fourth-order valence-corrected chi connectivity index (χ4v) is 6.71. The summed E-state index contributed by atoms with van der Waals surface area (Å²) in [6.07, 6.45) is 2.63. The Morgan fingerprint density at radius 1 is 0.850 bits per heavy atom. The molecule has 1 aromatic rings. The Morgan fingerprint density at radius 3 is 1.70 bits per heavy atom. The van der Waals surface area contributed by atoms with Crippen molar-refractivity contribution in [2.75, 3.05) is 18.8 Å². The van der Waals surface area contributed by atoms with Gasteiger partial charge in [-0.25, -0.2) is 25.3 Å². The lowest BCUT2D eigenvalue weighted by atomic mass is 10.1. The van der Waals surface area contributed by atoms with E-state index < -0.39 is 39.8 Å². The Hall–Kier alpha value is -0.930. The van der Waals surface area contributed by atoms with E-state index >= 15 is 0 Å². The van der Waals surface area contributed by atoms with Crippen LogP contribution in [0.2, 0.25) is 0 Å². The highest BCUT2D eigenvalue weighted by atomic mass is 32.3. The molecule has 9 heteroatoms. The number of hydrogen-bond donors (Lipinski definition) is 0. The summed E-state index contributed by atoms with van der Waals surface area (Å²) in [6.45, 7) is 0. The lowest BCUT2D eigenvalue weighted by molar-refractivity contribution is 0.581. The third kappa shape index (κ3) is 4.57. The maximum Gasteiger partial charge on any atom is 0.187 e. The van der Waals surface area contributed by atoms with E-state index in [-0.39, 0.29) is 11.1 Å². The van der Waals surface area contributed by atoms with Crippen molar-refractivity contribution in [2.45, 2.75) is 10.3 Å². The molecule has 0 N–H and O–H groups in total. The van der Waals surface area contributed by atoms with Crippen molar-refractivity contribution in [2.24, 2.45) is 0 Å². The van der Waals surface area contributed by atoms with Crippen molar-refractivity contribution in [1.29, 1.82) is 0 Å². The van der Waals surface area contributed by atoms with E-state index in [0.717, 1.165) is 18.8 Å². The van der Waals surface area contributed by atoms with Crippen molar-refractivity contribution >= 4 is 29.5 Å². The van der Waals surface area contributed by atoms with Gasteiger partial charge in [-0.3, -0.25) is 0 Å². The molecule has 0 aliphatic carbocycles. The van der Waals surface area contributed by atoms with E-state index in [1.165, 1.54) is 24.3 Å². The van der Waals surface area contributed by atoms with Crippen LogP contribution in [-0.2, 0) is 35.3 Å². The first kappa shape index (κ1) is 17.1. The van der Waals surface area contributed by atoms with Gasteiger partial charge in [0.25, 0.3) is 0 Å². The van der Waals surface area contributed by atoms with Crippen LogP contribution in [0.1, 0.15) is 15.7 Å². The molecular weight excluding hydrogens is 324 g/mol. The van der Waals surface area contributed by atoms with Crippen molar-refractivity contribution in [3.8, 4) is 0 Å². The van der Waals surface area contributed by atoms with Gasteiger partial charge in [0.1, 0.15) is 0 Å². The van der Waals surface area contributed by atoms with Gasteiger partial charge in [0, 0.05) is 18.8 Å². The second kappa shape index (κ2) is 5.45. The second-order valence-electron chi connectivity index (χ2n) is 4.76. The lowest BCUT2D eigenvalue weighted by Gasteiger charge is -2.17. The van der Waals surface area contributed by atoms with E-state index in [1.54, 1.807) is 0 Å². The predicted octanol–water partition coefficient (Wildman–Crippen LogP) is 0.319. The topological polar surface area (TPSA) is 102 Å². The van der Waals surface area contributed by atoms with Crippen molar-refractivity contribution in [3.05, 3.63) is 35.4 Å². The zero-order valence-corrected chi connectivity index (χ0v) is 13.7. The number of sulfone groups is 3. The Kier molecular flexibility index (Phi) is 4.67. The number of hydrogen-bond acceptors (Lipinski definition) is 6. The molecule has 0 radical (unpaired) electrons. The summed E-state index contributed by atoms with van der Waals surface area (Å²) >= 11 is 0. The molecule has 0 bridgehead atoms. The number of benzene rings is 1. The van der Waals surface area contributed by atoms with Gasteiger partial charge in [-0.15, -0.1) is 0 Å². The highest BCUT2D eigenvalue weighted by molar-refractivity contribution is 8.07. The van der Waals surface area contributed by atoms with Crippen molar-refractivity contribution in [1.82, 2.24) is 0 Å². The molecule has 0 amide bonds. The summed E-state index contributed by atoms with van der Waals surface area (Å²) in [5, 5.41) is 0. The molecule has 0 aliphatic heterocycles. The normalized spacial score (nSPS) is 13.6. The van der Waals surface area contributed by atoms with E-state index in [2.05, 4.69) is 0 Å². The molecule has 0 saturated heterocycles. The zero-order chi connectivity index (χ0) is 15.8. The SMILES string of the molecule is CS(=O)(=O)Cc1ccccc1C(S(C)(=O)=O)S(C)(=O)=O. The smallest absolute Gasteiger partial charge is 0.187 e. The van der Waals surface area contributed by atoms with Gasteiger partial charge in [0.2, 0.25) is 0 Å². The third-order valence-electron chi connectivity index (χ3n) is 2.50. The van der Waals surface area contributed by atoms with E-state index in [4.69, 9.17) is 0 Å². The summed E-state index contributed by atoms with van der Waals surface area (Å²) in [4.78, 5) is 0. The molecule has 0 unspecified atom stereocenters. The molecule has 1 rings (SSSR count). The highest BCUT2D eigenvalue weighted by Crippen LogP contribution is 2.30. The van der Waals surface area contributed by atoms with Crippen molar-refractivity contribution < 1.29 is 25.3 Å². The Balaban J connectivity index is 3.60. The van der Waals surface area contributed by atoms with E-state index in [9.17, 15) is 25.3 Å². The molecule has 0 fully saturated rings. The average Bonchev–Trinajstić information content (AvgIpc) is 2.14. The van der Waals surface area contributed by atoms with Crippen LogP contribution in [0.25, 0.3) is 0 Å². The van der Waals surface area contributed by atoms with Crippen LogP contribution in [0.15, 0.2) is 24.3 Å². The van der Waals surface area contributed by atoms with Gasteiger partial charge in [-0.05, 0) is 11.1 Å². The monoisotopic (exact) mass is 340 g/mol. The molecule has 20 heavy (non-hydrogen) atoms. The first-order chi connectivity index (χ1) is 8.82. The standard InChI is InChI=1S/C11H16O6S3/c1-18(12,13)8-9-6-4-5-7-10(9)11(19(2,14)15)20(3,16)17/h4-7,11H,8H2,1-3H3. The Morgan fingerprint density at radius 2 is 1.30 bits per heavy atom.